The summed E-state index contributed by atoms with van der Waals surface area (Å²) in [5, 5.41) is 0. The van der Waals surface area contributed by atoms with Crippen molar-refractivity contribution in [3.63, 3.8) is 0 Å². The molecule has 0 spiro atoms. The molecule has 0 amide bonds. The average Bonchev–Trinajstić information content (AvgIpc) is 2.24. The van der Waals surface area contributed by atoms with E-state index in [4.69, 9.17) is 0 Å². The fourth-order valence-electron chi connectivity index (χ4n) is 2.60. The predicted molar refractivity (Wildman–Crippen MR) is 79.3 cm³/mol. The van der Waals surface area contributed by atoms with Crippen LogP contribution in [0.2, 0.25) is 0 Å². The van der Waals surface area contributed by atoms with Gasteiger partial charge in [0.05, 0.1) is 0 Å². The first-order chi connectivity index (χ1) is 7.14. The third-order valence-electron chi connectivity index (χ3n) is 4.79. The van der Waals surface area contributed by atoms with Crippen molar-refractivity contribution >= 4 is 10.0 Å². The van der Waals surface area contributed by atoms with E-state index in [1.54, 1.807) is 0 Å². The first-order valence-electron chi connectivity index (χ1n) is 5.87. The Morgan fingerprint density at radius 3 is 2.00 bits per heavy atom. The highest BCUT2D eigenvalue weighted by molar-refractivity contribution is 8.37. The van der Waals surface area contributed by atoms with Gasteiger partial charge in [-0.3, -0.25) is 0 Å². The second kappa shape index (κ2) is 3.80. The first kappa shape index (κ1) is 13.6. The van der Waals surface area contributed by atoms with Crippen molar-refractivity contribution < 1.29 is 0 Å². The highest BCUT2D eigenvalue weighted by Crippen LogP contribution is 2.74. The fraction of sp³-hybridized carbons (Fsp3) is 0.600. The number of hydrogen-bond acceptors (Lipinski definition) is 0. The first-order valence-corrected chi connectivity index (χ1v) is 8.32. The van der Waals surface area contributed by atoms with Crippen molar-refractivity contribution in [3.8, 4) is 0 Å². The smallest absolute Gasteiger partial charge is 0.00710 e. The molecule has 1 aliphatic heterocycles. The van der Waals surface area contributed by atoms with Gasteiger partial charge in [0.2, 0.25) is 0 Å². The Hall–Kier alpha value is -0.430. The highest BCUT2D eigenvalue weighted by Gasteiger charge is 2.54. The lowest BCUT2D eigenvalue weighted by molar-refractivity contribution is 0.360. The minimum atomic E-state index is -0.784. The summed E-state index contributed by atoms with van der Waals surface area (Å²) in [7, 11) is -0.784. The second-order valence-corrected chi connectivity index (χ2v) is 10.1. The summed E-state index contributed by atoms with van der Waals surface area (Å²) in [5.41, 5.74) is 1.71. The van der Waals surface area contributed by atoms with E-state index < -0.39 is 10.0 Å². The molecular weight excluding hydrogens is 212 g/mol. The Bertz CT molecular complexity index is 365. The zero-order valence-corrected chi connectivity index (χ0v) is 12.7. The standard InChI is InChI=1S/C15H26S/c1-9-11-12-13(10-2)16(7,8)15(5,6)14(12,3)4/h9-11H,2H2,1,3-8H3/b11-9-. The number of allylic oxidation sites excluding steroid dienone is 4. The molecule has 0 aromatic rings. The molecule has 16 heavy (non-hydrogen) atoms. The third kappa shape index (κ3) is 1.44. The second-order valence-electron chi connectivity index (χ2n) is 5.94. The predicted octanol–water partition coefficient (Wildman–Crippen LogP) is 4.89. The van der Waals surface area contributed by atoms with Gasteiger partial charge >= 0.3 is 0 Å². The maximum atomic E-state index is 4.03. The summed E-state index contributed by atoms with van der Waals surface area (Å²) in [5.74, 6) is 0. The topological polar surface area (TPSA) is 0 Å². The molecule has 0 aromatic heterocycles. The number of hydrogen-bond donors (Lipinski definition) is 0. The third-order valence-corrected chi connectivity index (χ3v) is 9.34. The fourth-order valence-corrected chi connectivity index (χ4v) is 5.82. The molecule has 0 N–H and O–H groups in total. The molecule has 1 aliphatic rings. The van der Waals surface area contributed by atoms with E-state index in [0.717, 1.165) is 0 Å². The normalized spacial score (nSPS) is 28.4. The van der Waals surface area contributed by atoms with Crippen LogP contribution in [-0.2, 0) is 0 Å². The van der Waals surface area contributed by atoms with Gasteiger partial charge in [-0.15, -0.1) is 0 Å². The van der Waals surface area contributed by atoms with Gasteiger partial charge in [0, 0.05) is 10.2 Å². The molecule has 0 unspecified atom stereocenters. The van der Waals surface area contributed by atoms with Crippen molar-refractivity contribution in [1.29, 1.82) is 0 Å². The van der Waals surface area contributed by atoms with Gasteiger partial charge in [-0.25, -0.2) is 10.0 Å². The molecule has 1 rings (SSSR count). The molecule has 0 aliphatic carbocycles. The van der Waals surface area contributed by atoms with Gasteiger partial charge in [-0.05, 0) is 29.9 Å². The average molecular weight is 238 g/mol. The van der Waals surface area contributed by atoms with Gasteiger partial charge in [-0.1, -0.05) is 52.5 Å². The highest BCUT2D eigenvalue weighted by atomic mass is 32.3. The molecule has 0 saturated carbocycles. The van der Waals surface area contributed by atoms with Crippen molar-refractivity contribution in [3.05, 3.63) is 35.3 Å². The van der Waals surface area contributed by atoms with Crippen LogP contribution >= 0.6 is 10.0 Å². The van der Waals surface area contributed by atoms with E-state index in [-0.39, 0.29) is 5.41 Å². The summed E-state index contributed by atoms with van der Waals surface area (Å²) in [6.07, 6.45) is 11.4. The molecule has 0 bridgehead atoms. The van der Waals surface area contributed by atoms with Crippen LogP contribution < -0.4 is 0 Å². The molecule has 0 saturated heterocycles. The van der Waals surface area contributed by atoms with Gasteiger partial charge in [0.15, 0.2) is 0 Å². The van der Waals surface area contributed by atoms with Crippen molar-refractivity contribution in [2.75, 3.05) is 12.5 Å². The summed E-state index contributed by atoms with van der Waals surface area (Å²) >= 11 is 0. The van der Waals surface area contributed by atoms with Crippen LogP contribution in [0, 0.1) is 5.41 Å². The Balaban J connectivity index is 3.56. The minimum absolute atomic E-state index is 0.224. The van der Waals surface area contributed by atoms with E-state index >= 15 is 0 Å². The lowest BCUT2D eigenvalue weighted by atomic mass is 9.74. The van der Waals surface area contributed by atoms with E-state index in [0.29, 0.717) is 4.75 Å². The molecular formula is C15H26S. The van der Waals surface area contributed by atoms with E-state index in [1.807, 2.05) is 0 Å². The SMILES string of the molecule is C=CC1=C(/C=C\C)C(C)(C)C(C)(C)S1(C)C. The molecule has 0 aromatic carbocycles. The van der Waals surface area contributed by atoms with E-state index in [1.165, 1.54) is 10.5 Å². The summed E-state index contributed by atoms with van der Waals surface area (Å²) in [4.78, 5) is 1.49. The summed E-state index contributed by atoms with van der Waals surface area (Å²) < 4.78 is 0.318. The van der Waals surface area contributed by atoms with Crippen molar-refractivity contribution in [2.45, 2.75) is 39.4 Å². The van der Waals surface area contributed by atoms with Crippen LogP contribution in [0.3, 0.4) is 0 Å². The van der Waals surface area contributed by atoms with E-state index in [2.05, 4.69) is 71.9 Å². The molecule has 0 radical (unpaired) electrons. The zero-order valence-electron chi connectivity index (χ0n) is 11.8. The Morgan fingerprint density at radius 1 is 1.12 bits per heavy atom. The van der Waals surface area contributed by atoms with Crippen LogP contribution in [0.25, 0.3) is 0 Å². The Morgan fingerprint density at radius 2 is 1.62 bits per heavy atom. The van der Waals surface area contributed by atoms with Crippen LogP contribution in [0.5, 0.6) is 0 Å². The zero-order chi connectivity index (χ0) is 12.8. The molecule has 0 atom stereocenters. The van der Waals surface area contributed by atoms with E-state index in [9.17, 15) is 0 Å². The van der Waals surface area contributed by atoms with Crippen LogP contribution in [0.4, 0.5) is 0 Å². The number of rotatable bonds is 2. The van der Waals surface area contributed by atoms with Gasteiger partial charge in [-0.2, -0.15) is 0 Å². The Labute approximate surface area is 103 Å². The van der Waals surface area contributed by atoms with Crippen molar-refractivity contribution in [1.82, 2.24) is 0 Å². The maximum Gasteiger partial charge on any atom is 0.00710 e. The molecule has 1 heteroatoms. The Kier molecular flexibility index (Phi) is 3.24. The monoisotopic (exact) mass is 238 g/mol. The van der Waals surface area contributed by atoms with Gasteiger partial charge in [0.25, 0.3) is 0 Å². The summed E-state index contributed by atoms with van der Waals surface area (Å²) in [6, 6.07) is 0. The largest absolute Gasteiger partial charge is 0.214 e. The summed E-state index contributed by atoms with van der Waals surface area (Å²) in [6.45, 7) is 15.7. The van der Waals surface area contributed by atoms with Crippen LogP contribution in [-0.4, -0.2) is 17.3 Å². The van der Waals surface area contributed by atoms with Crippen molar-refractivity contribution in [2.24, 2.45) is 5.41 Å². The lowest BCUT2D eigenvalue weighted by Crippen LogP contribution is -2.38. The minimum Gasteiger partial charge on any atom is -0.214 e. The van der Waals surface area contributed by atoms with Gasteiger partial charge < -0.3 is 0 Å². The molecule has 1 heterocycles. The van der Waals surface area contributed by atoms with Gasteiger partial charge in [0.1, 0.15) is 0 Å². The molecule has 92 valence electrons. The van der Waals surface area contributed by atoms with Crippen LogP contribution in [0.15, 0.2) is 35.3 Å². The maximum absolute atomic E-state index is 4.03. The van der Waals surface area contributed by atoms with Crippen LogP contribution in [0.1, 0.15) is 34.6 Å². The molecule has 0 fully saturated rings. The lowest BCUT2D eigenvalue weighted by Gasteiger charge is -2.49. The quantitative estimate of drug-likeness (QED) is 0.643. The molecule has 0 nitrogen and oxygen atoms in total.